The second-order valence-corrected chi connectivity index (χ2v) is 4.44. The number of esters is 1. The van der Waals surface area contributed by atoms with E-state index in [9.17, 15) is 4.79 Å². The van der Waals surface area contributed by atoms with Gasteiger partial charge in [0.15, 0.2) is 0 Å². The lowest BCUT2D eigenvalue weighted by Gasteiger charge is -2.14. The van der Waals surface area contributed by atoms with Crippen molar-refractivity contribution < 1.29 is 9.53 Å². The van der Waals surface area contributed by atoms with Crippen molar-refractivity contribution in [1.82, 2.24) is 4.98 Å². The molecule has 0 radical (unpaired) electrons. The van der Waals surface area contributed by atoms with Crippen molar-refractivity contribution in [1.29, 1.82) is 0 Å². The SMILES string of the molecule is CCOC(=O)c1cnc2c(C)ccc(C)c2c1NC. The summed E-state index contributed by atoms with van der Waals surface area (Å²) in [5, 5.41) is 4.08. The molecule has 0 saturated heterocycles. The third kappa shape index (κ3) is 2.26. The molecule has 0 aliphatic carbocycles. The van der Waals surface area contributed by atoms with E-state index in [2.05, 4.69) is 10.3 Å². The summed E-state index contributed by atoms with van der Waals surface area (Å²) in [4.78, 5) is 16.4. The number of rotatable bonds is 3. The molecule has 0 aliphatic heterocycles. The van der Waals surface area contributed by atoms with Crippen molar-refractivity contribution >= 4 is 22.6 Å². The molecule has 0 atom stereocenters. The number of hydrogen-bond donors (Lipinski definition) is 1. The van der Waals surface area contributed by atoms with Gasteiger partial charge in [0.25, 0.3) is 0 Å². The predicted octanol–water partition coefficient (Wildman–Crippen LogP) is 3.07. The summed E-state index contributed by atoms with van der Waals surface area (Å²) in [6.07, 6.45) is 1.58. The highest BCUT2D eigenvalue weighted by atomic mass is 16.5. The van der Waals surface area contributed by atoms with Crippen LogP contribution in [0.1, 0.15) is 28.4 Å². The maximum Gasteiger partial charge on any atom is 0.341 e. The molecule has 0 saturated carbocycles. The maximum atomic E-state index is 12.0. The Morgan fingerprint density at radius 1 is 1.32 bits per heavy atom. The number of carbonyl (C=O) groups is 1. The molecule has 0 spiro atoms. The molecule has 0 aliphatic rings. The van der Waals surface area contributed by atoms with Gasteiger partial charge in [0.05, 0.1) is 17.8 Å². The van der Waals surface area contributed by atoms with E-state index in [-0.39, 0.29) is 5.97 Å². The lowest BCUT2D eigenvalue weighted by atomic mass is 10.0. The topological polar surface area (TPSA) is 51.2 Å². The van der Waals surface area contributed by atoms with Crippen LogP contribution in [0.5, 0.6) is 0 Å². The Labute approximate surface area is 112 Å². The highest BCUT2D eigenvalue weighted by Crippen LogP contribution is 2.30. The summed E-state index contributed by atoms with van der Waals surface area (Å²) in [7, 11) is 1.80. The number of anilines is 1. The number of hydrogen-bond acceptors (Lipinski definition) is 4. The highest BCUT2D eigenvalue weighted by Gasteiger charge is 2.17. The number of aryl methyl sites for hydroxylation is 2. The Bertz CT molecular complexity index is 636. The summed E-state index contributed by atoms with van der Waals surface area (Å²) in [6, 6.07) is 4.07. The van der Waals surface area contributed by atoms with Gasteiger partial charge >= 0.3 is 5.97 Å². The molecule has 0 amide bonds. The van der Waals surface area contributed by atoms with Crippen LogP contribution in [0, 0.1) is 13.8 Å². The number of nitrogens with zero attached hydrogens (tertiary/aromatic N) is 1. The quantitative estimate of drug-likeness (QED) is 0.860. The monoisotopic (exact) mass is 258 g/mol. The van der Waals surface area contributed by atoms with Gasteiger partial charge in [-0.15, -0.1) is 0 Å². The van der Waals surface area contributed by atoms with E-state index in [4.69, 9.17) is 4.74 Å². The fraction of sp³-hybridized carbons (Fsp3) is 0.333. The van der Waals surface area contributed by atoms with Crippen LogP contribution in [0.15, 0.2) is 18.3 Å². The lowest BCUT2D eigenvalue weighted by molar-refractivity contribution is 0.0527. The molecule has 1 aromatic heterocycles. The maximum absolute atomic E-state index is 12.0. The number of pyridine rings is 1. The lowest BCUT2D eigenvalue weighted by Crippen LogP contribution is -2.10. The van der Waals surface area contributed by atoms with E-state index < -0.39 is 0 Å². The van der Waals surface area contributed by atoms with Gasteiger partial charge in [-0.3, -0.25) is 4.98 Å². The van der Waals surface area contributed by atoms with Crippen molar-refractivity contribution in [3.05, 3.63) is 35.0 Å². The van der Waals surface area contributed by atoms with Gasteiger partial charge in [0.2, 0.25) is 0 Å². The largest absolute Gasteiger partial charge is 0.462 e. The molecular weight excluding hydrogens is 240 g/mol. The molecular formula is C15H18N2O2. The molecule has 2 aromatic rings. The van der Waals surface area contributed by atoms with Crippen LogP contribution in [0.25, 0.3) is 10.9 Å². The fourth-order valence-corrected chi connectivity index (χ4v) is 2.23. The zero-order valence-electron chi connectivity index (χ0n) is 11.7. The first-order valence-corrected chi connectivity index (χ1v) is 6.34. The Hall–Kier alpha value is -2.10. The van der Waals surface area contributed by atoms with E-state index in [0.29, 0.717) is 12.2 Å². The molecule has 2 rings (SSSR count). The summed E-state index contributed by atoms with van der Waals surface area (Å²) < 4.78 is 5.07. The molecule has 1 aromatic carbocycles. The van der Waals surface area contributed by atoms with Gasteiger partial charge in [-0.2, -0.15) is 0 Å². The Morgan fingerprint density at radius 3 is 2.63 bits per heavy atom. The van der Waals surface area contributed by atoms with E-state index in [1.165, 1.54) is 0 Å². The number of nitrogens with one attached hydrogen (secondary N) is 1. The average molecular weight is 258 g/mol. The van der Waals surface area contributed by atoms with E-state index >= 15 is 0 Å². The summed E-state index contributed by atoms with van der Waals surface area (Å²) in [6.45, 7) is 6.17. The number of aromatic nitrogens is 1. The van der Waals surface area contributed by atoms with Gasteiger partial charge in [-0.05, 0) is 31.9 Å². The van der Waals surface area contributed by atoms with Crippen molar-refractivity contribution in [3.63, 3.8) is 0 Å². The van der Waals surface area contributed by atoms with Crippen LogP contribution in [-0.2, 0) is 4.74 Å². The van der Waals surface area contributed by atoms with E-state index in [1.807, 2.05) is 26.0 Å². The molecule has 0 fully saturated rings. The number of ether oxygens (including phenoxy) is 1. The van der Waals surface area contributed by atoms with Crippen LogP contribution < -0.4 is 5.32 Å². The van der Waals surface area contributed by atoms with Gasteiger partial charge < -0.3 is 10.1 Å². The summed E-state index contributed by atoms with van der Waals surface area (Å²) >= 11 is 0. The zero-order valence-corrected chi connectivity index (χ0v) is 11.7. The van der Waals surface area contributed by atoms with Crippen molar-refractivity contribution in [2.45, 2.75) is 20.8 Å². The van der Waals surface area contributed by atoms with Crippen LogP contribution in [0.3, 0.4) is 0 Å². The summed E-state index contributed by atoms with van der Waals surface area (Å²) in [5.41, 5.74) is 4.35. The Balaban J connectivity index is 2.76. The van der Waals surface area contributed by atoms with Crippen LogP contribution in [0.2, 0.25) is 0 Å². The first-order valence-electron chi connectivity index (χ1n) is 6.34. The third-order valence-corrected chi connectivity index (χ3v) is 3.18. The molecule has 1 N–H and O–H groups in total. The van der Waals surface area contributed by atoms with Gasteiger partial charge in [0.1, 0.15) is 5.56 Å². The molecule has 4 heteroatoms. The minimum atomic E-state index is -0.345. The number of carbonyl (C=O) groups excluding carboxylic acids is 1. The molecule has 19 heavy (non-hydrogen) atoms. The van der Waals surface area contributed by atoms with Gasteiger partial charge in [-0.1, -0.05) is 12.1 Å². The Morgan fingerprint density at radius 2 is 2.00 bits per heavy atom. The Kier molecular flexibility index (Phi) is 3.69. The molecule has 100 valence electrons. The minimum Gasteiger partial charge on any atom is -0.462 e. The fourth-order valence-electron chi connectivity index (χ4n) is 2.23. The molecule has 1 heterocycles. The molecule has 4 nitrogen and oxygen atoms in total. The standard InChI is InChI=1S/C15H18N2O2/c1-5-19-15(18)11-8-17-13-10(3)7-6-9(2)12(13)14(11)16-4/h6-8H,5H2,1-4H3,(H,16,17). The number of fused-ring (bicyclic) bond motifs is 1. The van der Waals surface area contributed by atoms with E-state index in [0.717, 1.165) is 27.7 Å². The van der Waals surface area contributed by atoms with Crippen LogP contribution in [-0.4, -0.2) is 24.6 Å². The molecule has 0 unspecified atom stereocenters. The number of benzene rings is 1. The summed E-state index contributed by atoms with van der Waals surface area (Å²) in [5.74, 6) is -0.345. The third-order valence-electron chi connectivity index (χ3n) is 3.18. The van der Waals surface area contributed by atoms with Crippen LogP contribution in [0.4, 0.5) is 5.69 Å². The normalized spacial score (nSPS) is 10.5. The predicted molar refractivity (Wildman–Crippen MR) is 76.7 cm³/mol. The highest BCUT2D eigenvalue weighted by molar-refractivity contribution is 6.06. The van der Waals surface area contributed by atoms with Crippen molar-refractivity contribution in [2.75, 3.05) is 19.0 Å². The minimum absolute atomic E-state index is 0.345. The average Bonchev–Trinajstić information content (AvgIpc) is 2.41. The molecule has 0 bridgehead atoms. The van der Waals surface area contributed by atoms with Crippen molar-refractivity contribution in [2.24, 2.45) is 0 Å². The van der Waals surface area contributed by atoms with Gasteiger partial charge in [-0.25, -0.2) is 4.79 Å². The smallest absolute Gasteiger partial charge is 0.341 e. The van der Waals surface area contributed by atoms with Crippen LogP contribution >= 0.6 is 0 Å². The second kappa shape index (κ2) is 5.26. The second-order valence-electron chi connectivity index (χ2n) is 4.44. The first kappa shape index (κ1) is 13.3. The first-order chi connectivity index (χ1) is 9.10. The van der Waals surface area contributed by atoms with Gasteiger partial charge in [0, 0.05) is 18.6 Å². The van der Waals surface area contributed by atoms with Crippen molar-refractivity contribution in [3.8, 4) is 0 Å². The zero-order chi connectivity index (χ0) is 14.0. The van der Waals surface area contributed by atoms with E-state index in [1.54, 1.807) is 20.2 Å².